The maximum atomic E-state index is 11.8. The predicted molar refractivity (Wildman–Crippen MR) is 83.0 cm³/mol. The van der Waals surface area contributed by atoms with Crippen LogP contribution < -0.4 is 4.52 Å². The molecule has 0 aliphatic heterocycles. The van der Waals surface area contributed by atoms with E-state index in [9.17, 15) is 14.2 Å². The summed E-state index contributed by atoms with van der Waals surface area (Å²) >= 11 is 0. The third-order valence-electron chi connectivity index (χ3n) is 3.18. The summed E-state index contributed by atoms with van der Waals surface area (Å²) in [6.45, 7) is 8.06. The van der Waals surface area contributed by atoms with E-state index in [0.717, 1.165) is 12.5 Å². The molecule has 1 rings (SSSR count). The monoisotopic (exact) mass is 344 g/mol. The van der Waals surface area contributed by atoms with Crippen molar-refractivity contribution in [1.29, 1.82) is 0 Å². The minimum atomic E-state index is -4.75. The van der Waals surface area contributed by atoms with Crippen LogP contribution in [-0.2, 0) is 24.3 Å². The lowest BCUT2D eigenvalue weighted by molar-refractivity contribution is -0.158. The number of hydrogen-bond donors (Lipinski definition) is 2. The summed E-state index contributed by atoms with van der Waals surface area (Å²) in [5.74, 6) is -1.42. The van der Waals surface area contributed by atoms with Gasteiger partial charge in [0.25, 0.3) is 0 Å². The molecule has 23 heavy (non-hydrogen) atoms. The van der Waals surface area contributed by atoms with Crippen molar-refractivity contribution in [2.45, 2.75) is 46.5 Å². The van der Waals surface area contributed by atoms with Gasteiger partial charge in [-0.3, -0.25) is 19.4 Å². The summed E-state index contributed by atoms with van der Waals surface area (Å²) < 4.78 is 20.5. The van der Waals surface area contributed by atoms with E-state index < -0.39 is 25.2 Å². The number of aryl methyl sites for hydroxylation is 2. The second kappa shape index (κ2) is 6.83. The number of hydrogen-bond acceptors (Lipinski definition) is 5. The summed E-state index contributed by atoms with van der Waals surface area (Å²) in [5, 5.41) is 0. The van der Waals surface area contributed by atoms with Gasteiger partial charge in [0.1, 0.15) is 5.75 Å². The van der Waals surface area contributed by atoms with Crippen LogP contribution in [0.15, 0.2) is 12.1 Å². The Hall–Kier alpha value is -1.69. The van der Waals surface area contributed by atoms with Gasteiger partial charge in [-0.25, -0.2) is 4.57 Å². The maximum Gasteiger partial charge on any atom is 0.524 e. The van der Waals surface area contributed by atoms with Crippen molar-refractivity contribution < 1.29 is 33.2 Å². The van der Waals surface area contributed by atoms with Crippen molar-refractivity contribution in [3.05, 3.63) is 28.8 Å². The Morgan fingerprint density at radius 3 is 2.26 bits per heavy atom. The fraction of sp³-hybridized carbons (Fsp3) is 0.467. The van der Waals surface area contributed by atoms with Gasteiger partial charge in [-0.05, 0) is 31.0 Å². The molecule has 0 aliphatic rings. The van der Waals surface area contributed by atoms with Crippen LogP contribution in [0.4, 0.5) is 0 Å². The first-order chi connectivity index (χ1) is 10.3. The van der Waals surface area contributed by atoms with Crippen molar-refractivity contribution in [2.24, 2.45) is 0 Å². The molecule has 0 aliphatic carbocycles. The molecule has 0 unspecified atom stereocenters. The lowest BCUT2D eigenvalue weighted by Gasteiger charge is -2.28. The minimum Gasteiger partial charge on any atom is -0.404 e. The van der Waals surface area contributed by atoms with Gasteiger partial charge in [0.15, 0.2) is 0 Å². The van der Waals surface area contributed by atoms with Gasteiger partial charge in [0.2, 0.25) is 0 Å². The molecule has 1 aromatic carbocycles. The molecular weight excluding hydrogens is 323 g/mol. The Morgan fingerprint density at radius 1 is 1.22 bits per heavy atom. The molecule has 128 valence electrons. The van der Waals surface area contributed by atoms with Gasteiger partial charge < -0.3 is 9.26 Å². The molecule has 0 atom stereocenters. The second-order valence-corrected chi connectivity index (χ2v) is 7.23. The van der Waals surface area contributed by atoms with Crippen LogP contribution >= 0.6 is 7.82 Å². The number of phosphoric acid groups is 1. The number of ether oxygens (including phenoxy) is 1. The summed E-state index contributed by atoms with van der Waals surface area (Å²) in [7, 11) is -4.75. The predicted octanol–water partition coefficient (Wildman–Crippen LogP) is 2.53. The highest BCUT2D eigenvalue weighted by Crippen LogP contribution is 2.45. The zero-order chi connectivity index (χ0) is 18.0. The molecule has 0 heterocycles. The first kappa shape index (κ1) is 19.4. The van der Waals surface area contributed by atoms with Crippen molar-refractivity contribution in [3.8, 4) is 5.75 Å². The molecular formula is C15H21O7P. The second-order valence-electron chi connectivity index (χ2n) is 6.06. The molecule has 0 spiro atoms. The first-order valence-electron chi connectivity index (χ1n) is 6.90. The molecule has 8 heteroatoms. The average Bonchev–Trinajstić information content (AvgIpc) is 2.21. The Kier molecular flexibility index (Phi) is 5.74. The van der Waals surface area contributed by atoms with Crippen LogP contribution in [0.2, 0.25) is 0 Å². The summed E-state index contributed by atoms with van der Waals surface area (Å²) in [4.78, 5) is 40.8. The van der Waals surface area contributed by atoms with Crippen molar-refractivity contribution in [2.75, 3.05) is 0 Å². The first-order valence-corrected chi connectivity index (χ1v) is 8.43. The fourth-order valence-electron chi connectivity index (χ4n) is 2.64. The molecule has 0 radical (unpaired) electrons. The van der Waals surface area contributed by atoms with Crippen LogP contribution in [0.1, 0.15) is 43.9 Å². The van der Waals surface area contributed by atoms with Gasteiger partial charge in [0.05, 0.1) is 6.42 Å². The van der Waals surface area contributed by atoms with Crippen LogP contribution in [0.25, 0.3) is 0 Å². The van der Waals surface area contributed by atoms with Crippen LogP contribution in [-0.4, -0.2) is 21.7 Å². The van der Waals surface area contributed by atoms with Crippen LogP contribution in [0.3, 0.4) is 0 Å². The number of carbonyl (C=O) groups excluding carboxylic acids is 2. The van der Waals surface area contributed by atoms with E-state index in [-0.39, 0.29) is 12.2 Å². The highest BCUT2D eigenvalue weighted by Gasteiger charge is 2.32. The quantitative estimate of drug-likeness (QED) is 0.480. The summed E-state index contributed by atoms with van der Waals surface area (Å²) in [6.07, 6.45) is -0.145. The number of carbonyl (C=O) groups is 2. The van der Waals surface area contributed by atoms with E-state index in [1.807, 2.05) is 6.07 Å². The van der Waals surface area contributed by atoms with Gasteiger partial charge in [-0.1, -0.05) is 19.9 Å². The van der Waals surface area contributed by atoms with Gasteiger partial charge in [0, 0.05) is 17.9 Å². The normalized spacial score (nSPS) is 12.0. The minimum absolute atomic E-state index is 0.0106. The molecule has 0 saturated carbocycles. The fourth-order valence-corrected chi connectivity index (χ4v) is 3.04. The van der Waals surface area contributed by atoms with Crippen LogP contribution in [0.5, 0.6) is 5.75 Å². The average molecular weight is 344 g/mol. The Balaban J connectivity index is 3.30. The zero-order valence-corrected chi connectivity index (χ0v) is 14.6. The molecule has 0 amide bonds. The van der Waals surface area contributed by atoms with E-state index in [0.29, 0.717) is 11.1 Å². The number of rotatable bonds is 5. The molecule has 0 fully saturated rings. The van der Waals surface area contributed by atoms with E-state index >= 15 is 0 Å². The molecule has 1 aromatic rings. The lowest BCUT2D eigenvalue weighted by Crippen LogP contribution is -2.26. The topological polar surface area (TPSA) is 110 Å². The SMILES string of the molecule is CC(=O)OC(=O)CC(C)(C)c1c(C)cc(C)cc1OP(=O)(O)O. The van der Waals surface area contributed by atoms with Crippen molar-refractivity contribution in [3.63, 3.8) is 0 Å². The zero-order valence-electron chi connectivity index (χ0n) is 13.7. The molecule has 0 bridgehead atoms. The van der Waals surface area contributed by atoms with Crippen LogP contribution in [0, 0.1) is 13.8 Å². The van der Waals surface area contributed by atoms with E-state index in [4.69, 9.17) is 14.3 Å². The Morgan fingerprint density at radius 2 is 1.78 bits per heavy atom. The van der Waals surface area contributed by atoms with Crippen molar-refractivity contribution in [1.82, 2.24) is 0 Å². The number of benzene rings is 1. The Labute approximate surface area is 134 Å². The highest BCUT2D eigenvalue weighted by molar-refractivity contribution is 7.46. The smallest absolute Gasteiger partial charge is 0.404 e. The summed E-state index contributed by atoms with van der Waals surface area (Å²) in [5.41, 5.74) is 1.10. The molecule has 7 nitrogen and oxygen atoms in total. The standard InChI is InChI=1S/C15H21O7P/c1-9-6-10(2)14(12(7-9)22-23(18,19)20)15(4,5)8-13(17)21-11(3)16/h6-7H,8H2,1-5H3,(H2,18,19,20). The van der Waals surface area contributed by atoms with Gasteiger partial charge >= 0.3 is 19.8 Å². The molecule has 2 N–H and O–H groups in total. The van der Waals surface area contributed by atoms with E-state index in [1.165, 1.54) is 6.07 Å². The Bertz CT molecular complexity index is 673. The largest absolute Gasteiger partial charge is 0.524 e. The van der Waals surface area contributed by atoms with E-state index in [1.54, 1.807) is 27.7 Å². The third-order valence-corrected chi connectivity index (χ3v) is 3.62. The third kappa shape index (κ3) is 5.78. The van der Waals surface area contributed by atoms with Gasteiger partial charge in [-0.2, -0.15) is 0 Å². The van der Waals surface area contributed by atoms with E-state index in [2.05, 4.69) is 4.74 Å². The maximum absolute atomic E-state index is 11.8. The summed E-state index contributed by atoms with van der Waals surface area (Å²) in [6, 6.07) is 3.32. The number of esters is 2. The molecule has 0 aromatic heterocycles. The highest BCUT2D eigenvalue weighted by atomic mass is 31.2. The van der Waals surface area contributed by atoms with Gasteiger partial charge in [-0.15, -0.1) is 0 Å². The van der Waals surface area contributed by atoms with Crippen molar-refractivity contribution >= 4 is 19.8 Å². The number of phosphoric ester groups is 1. The molecule has 0 saturated heterocycles. The lowest BCUT2D eigenvalue weighted by atomic mass is 9.78.